The maximum atomic E-state index is 11.2. The molecule has 0 spiro atoms. The Hall–Kier alpha value is -1.43. The van der Waals surface area contributed by atoms with E-state index in [0.717, 1.165) is 18.0 Å². The van der Waals surface area contributed by atoms with Crippen LogP contribution in [0, 0.1) is 0 Å². The van der Waals surface area contributed by atoms with E-state index in [0.29, 0.717) is 16.3 Å². The van der Waals surface area contributed by atoms with Crippen molar-refractivity contribution in [1.29, 1.82) is 0 Å². The third kappa shape index (κ3) is 3.26. The van der Waals surface area contributed by atoms with Crippen LogP contribution in [-0.4, -0.2) is 18.6 Å². The molecule has 0 aliphatic carbocycles. The van der Waals surface area contributed by atoms with Crippen LogP contribution in [0.5, 0.6) is 5.75 Å². The highest BCUT2D eigenvalue weighted by atomic mass is 32.1. The monoisotopic (exact) mass is 257 g/mol. The van der Waals surface area contributed by atoms with Crippen molar-refractivity contribution in [2.45, 2.75) is 33.3 Å². The molecule has 17 heavy (non-hydrogen) atoms. The summed E-state index contributed by atoms with van der Waals surface area (Å²) in [5.74, 6) is 0.0119. The van der Waals surface area contributed by atoms with Crippen LogP contribution in [0.1, 0.15) is 36.9 Å². The Kier molecular flexibility index (Phi) is 4.62. The Morgan fingerprint density at radius 3 is 2.65 bits per heavy atom. The molecule has 0 bridgehead atoms. The molecule has 0 radical (unpaired) electrons. The lowest BCUT2D eigenvalue weighted by molar-refractivity contribution is 0.100. The zero-order chi connectivity index (χ0) is 13.0. The number of carbonyl (C=O) groups excluding carboxylic acids is 1. The normalized spacial score (nSPS) is 10.6. The number of rotatable bonds is 6. The van der Waals surface area contributed by atoms with Crippen LogP contribution >= 0.6 is 11.3 Å². The van der Waals surface area contributed by atoms with E-state index in [9.17, 15) is 4.79 Å². The van der Waals surface area contributed by atoms with Crippen molar-refractivity contribution in [3.8, 4) is 5.75 Å². The SMILES string of the molecule is CCCNc1sc(C(N)=O)c(N)c1OC(C)C. The molecule has 0 saturated heterocycles. The molecule has 1 amide bonds. The molecule has 6 heteroatoms. The molecule has 0 atom stereocenters. The van der Waals surface area contributed by atoms with E-state index >= 15 is 0 Å². The molecule has 5 N–H and O–H groups in total. The third-order valence-electron chi connectivity index (χ3n) is 2.01. The van der Waals surface area contributed by atoms with E-state index in [2.05, 4.69) is 12.2 Å². The Labute approximate surface area is 105 Å². The number of thiophene rings is 1. The fraction of sp³-hybridized carbons (Fsp3) is 0.545. The number of anilines is 2. The Morgan fingerprint density at radius 2 is 2.18 bits per heavy atom. The van der Waals surface area contributed by atoms with Crippen LogP contribution in [0.4, 0.5) is 10.7 Å². The lowest BCUT2D eigenvalue weighted by Crippen LogP contribution is -2.12. The first kappa shape index (κ1) is 13.6. The van der Waals surface area contributed by atoms with Gasteiger partial charge in [0.1, 0.15) is 15.6 Å². The third-order valence-corrected chi connectivity index (χ3v) is 3.17. The smallest absolute Gasteiger partial charge is 0.261 e. The van der Waals surface area contributed by atoms with Crippen LogP contribution in [0.15, 0.2) is 0 Å². The lowest BCUT2D eigenvalue weighted by Gasteiger charge is -2.12. The van der Waals surface area contributed by atoms with Crippen molar-refractivity contribution in [2.75, 3.05) is 17.6 Å². The highest BCUT2D eigenvalue weighted by Gasteiger charge is 2.21. The number of nitrogens with two attached hydrogens (primary N) is 2. The average Bonchev–Trinajstić information content (AvgIpc) is 2.53. The standard InChI is InChI=1S/C11H19N3O2S/c1-4-5-14-11-8(16-6(2)3)7(12)9(17-11)10(13)15/h6,14H,4-5,12H2,1-3H3,(H2,13,15). The topological polar surface area (TPSA) is 90.4 Å². The van der Waals surface area contributed by atoms with Crippen LogP contribution in [0.2, 0.25) is 0 Å². The molecule has 0 aromatic carbocycles. The van der Waals surface area contributed by atoms with Crippen molar-refractivity contribution >= 4 is 27.9 Å². The minimum atomic E-state index is -0.523. The van der Waals surface area contributed by atoms with Gasteiger partial charge < -0.3 is 21.5 Å². The van der Waals surface area contributed by atoms with Gasteiger partial charge in [-0.1, -0.05) is 6.92 Å². The number of hydrogen-bond acceptors (Lipinski definition) is 5. The fourth-order valence-corrected chi connectivity index (χ4v) is 2.25. The average molecular weight is 257 g/mol. The highest BCUT2D eigenvalue weighted by molar-refractivity contribution is 7.19. The zero-order valence-electron chi connectivity index (χ0n) is 10.4. The minimum absolute atomic E-state index is 0.00481. The Bertz CT molecular complexity index is 402. The van der Waals surface area contributed by atoms with Gasteiger partial charge in [-0.15, -0.1) is 11.3 Å². The second-order valence-electron chi connectivity index (χ2n) is 3.96. The van der Waals surface area contributed by atoms with Crippen molar-refractivity contribution in [3.05, 3.63) is 4.88 Å². The number of carbonyl (C=O) groups is 1. The van der Waals surface area contributed by atoms with Gasteiger partial charge in [-0.05, 0) is 20.3 Å². The summed E-state index contributed by atoms with van der Waals surface area (Å²) in [4.78, 5) is 11.6. The van der Waals surface area contributed by atoms with E-state index < -0.39 is 5.91 Å². The molecule has 1 heterocycles. The predicted octanol–water partition coefficient (Wildman–Crippen LogP) is 2.04. The van der Waals surface area contributed by atoms with Gasteiger partial charge in [0.2, 0.25) is 0 Å². The molecular weight excluding hydrogens is 238 g/mol. The van der Waals surface area contributed by atoms with Gasteiger partial charge >= 0.3 is 0 Å². The van der Waals surface area contributed by atoms with E-state index in [1.165, 1.54) is 11.3 Å². The van der Waals surface area contributed by atoms with Crippen molar-refractivity contribution in [1.82, 2.24) is 0 Å². The first-order valence-electron chi connectivity index (χ1n) is 5.59. The van der Waals surface area contributed by atoms with Crippen LogP contribution in [0.25, 0.3) is 0 Å². The van der Waals surface area contributed by atoms with Crippen LogP contribution in [-0.2, 0) is 0 Å². The first-order valence-corrected chi connectivity index (χ1v) is 6.41. The number of nitrogen functional groups attached to an aromatic ring is 1. The molecule has 1 rings (SSSR count). The molecular formula is C11H19N3O2S. The van der Waals surface area contributed by atoms with E-state index in [1.807, 2.05) is 13.8 Å². The highest BCUT2D eigenvalue weighted by Crippen LogP contribution is 2.42. The summed E-state index contributed by atoms with van der Waals surface area (Å²) in [5.41, 5.74) is 11.5. The fourth-order valence-electron chi connectivity index (χ4n) is 1.32. The lowest BCUT2D eigenvalue weighted by atomic mass is 10.3. The molecule has 96 valence electrons. The number of primary amides is 1. The van der Waals surface area contributed by atoms with Crippen molar-refractivity contribution in [3.63, 3.8) is 0 Å². The van der Waals surface area contributed by atoms with Crippen LogP contribution in [0.3, 0.4) is 0 Å². The maximum Gasteiger partial charge on any atom is 0.261 e. The Balaban J connectivity index is 3.07. The summed E-state index contributed by atoms with van der Waals surface area (Å²) >= 11 is 1.24. The van der Waals surface area contributed by atoms with Crippen molar-refractivity contribution < 1.29 is 9.53 Å². The predicted molar refractivity (Wildman–Crippen MR) is 71.8 cm³/mol. The van der Waals surface area contributed by atoms with Crippen LogP contribution < -0.4 is 21.5 Å². The molecule has 0 aliphatic rings. The Morgan fingerprint density at radius 1 is 1.53 bits per heavy atom. The first-order chi connectivity index (χ1) is 7.97. The molecule has 5 nitrogen and oxygen atoms in total. The molecule has 1 aromatic rings. The summed E-state index contributed by atoms with van der Waals surface area (Å²) in [6.07, 6.45) is 0.972. The van der Waals surface area contributed by atoms with Gasteiger partial charge in [-0.25, -0.2) is 0 Å². The van der Waals surface area contributed by atoms with E-state index in [1.54, 1.807) is 0 Å². The second kappa shape index (κ2) is 5.77. The van der Waals surface area contributed by atoms with Gasteiger partial charge in [0.05, 0.1) is 6.10 Å². The van der Waals surface area contributed by atoms with Gasteiger partial charge in [-0.3, -0.25) is 4.79 Å². The van der Waals surface area contributed by atoms with Crippen molar-refractivity contribution in [2.24, 2.45) is 5.73 Å². The summed E-state index contributed by atoms with van der Waals surface area (Å²) < 4.78 is 5.62. The van der Waals surface area contributed by atoms with Gasteiger partial charge in [0.15, 0.2) is 5.75 Å². The number of ether oxygens (including phenoxy) is 1. The quantitative estimate of drug-likeness (QED) is 0.727. The second-order valence-corrected chi connectivity index (χ2v) is 4.98. The number of nitrogens with one attached hydrogen (secondary N) is 1. The molecule has 0 fully saturated rings. The summed E-state index contributed by atoms with van der Waals surface area (Å²) in [6, 6.07) is 0. The number of amides is 1. The zero-order valence-corrected chi connectivity index (χ0v) is 11.2. The minimum Gasteiger partial charge on any atom is -0.486 e. The van der Waals surface area contributed by atoms with Gasteiger partial charge in [0.25, 0.3) is 5.91 Å². The largest absolute Gasteiger partial charge is 0.486 e. The van der Waals surface area contributed by atoms with Gasteiger partial charge in [0, 0.05) is 6.54 Å². The molecule has 0 aliphatic heterocycles. The van der Waals surface area contributed by atoms with E-state index in [4.69, 9.17) is 16.2 Å². The van der Waals surface area contributed by atoms with Gasteiger partial charge in [-0.2, -0.15) is 0 Å². The number of hydrogen-bond donors (Lipinski definition) is 3. The van der Waals surface area contributed by atoms with E-state index in [-0.39, 0.29) is 6.10 Å². The summed E-state index contributed by atoms with van der Waals surface area (Å²) in [7, 11) is 0. The summed E-state index contributed by atoms with van der Waals surface area (Å²) in [5, 5.41) is 3.96. The molecule has 0 unspecified atom stereocenters. The summed E-state index contributed by atoms with van der Waals surface area (Å²) in [6.45, 7) is 6.67. The maximum absolute atomic E-state index is 11.2. The molecule has 1 aromatic heterocycles. The molecule has 0 saturated carbocycles.